The van der Waals surface area contributed by atoms with Crippen molar-refractivity contribution < 1.29 is 9.90 Å². The third kappa shape index (κ3) is 2.10. The molecule has 6 nitrogen and oxygen atoms in total. The summed E-state index contributed by atoms with van der Waals surface area (Å²) >= 11 is 0. The lowest BCUT2D eigenvalue weighted by atomic mass is 10.1. The highest BCUT2D eigenvalue weighted by molar-refractivity contribution is 5.93. The molecule has 2 heterocycles. The molecule has 1 atom stereocenters. The molecule has 0 aromatic carbocycles. The fraction of sp³-hybridized carbons (Fsp3) is 0.556. The van der Waals surface area contributed by atoms with Crippen molar-refractivity contribution in [3.05, 3.63) is 11.8 Å². The lowest BCUT2D eigenvalue weighted by molar-refractivity contribution is 0.0469. The number of likely N-dealkylation sites (tertiary alicyclic amines) is 1. The van der Waals surface area contributed by atoms with Crippen molar-refractivity contribution in [2.45, 2.75) is 18.9 Å². The van der Waals surface area contributed by atoms with Gasteiger partial charge in [0.05, 0.1) is 6.10 Å². The van der Waals surface area contributed by atoms with Crippen molar-refractivity contribution in [1.29, 1.82) is 0 Å². The number of hydrogen-bond donors (Lipinski definition) is 3. The molecular formula is C9H14N4O2. The van der Waals surface area contributed by atoms with Crippen LogP contribution >= 0.6 is 0 Å². The van der Waals surface area contributed by atoms with Crippen LogP contribution in [0.2, 0.25) is 0 Å². The number of piperidine rings is 1. The Kier molecular flexibility index (Phi) is 2.59. The average Bonchev–Trinajstić information content (AvgIpc) is 2.64. The van der Waals surface area contributed by atoms with Gasteiger partial charge in [0.2, 0.25) is 0 Å². The zero-order valence-corrected chi connectivity index (χ0v) is 8.31. The van der Waals surface area contributed by atoms with Crippen LogP contribution in [-0.2, 0) is 0 Å². The van der Waals surface area contributed by atoms with Gasteiger partial charge >= 0.3 is 0 Å². The van der Waals surface area contributed by atoms with Crippen LogP contribution in [0.15, 0.2) is 6.07 Å². The Balaban J connectivity index is 2.07. The van der Waals surface area contributed by atoms with E-state index < -0.39 is 6.10 Å². The number of aromatic amines is 1. The third-order valence-electron chi connectivity index (χ3n) is 2.51. The predicted molar refractivity (Wildman–Crippen MR) is 54.1 cm³/mol. The Labute approximate surface area is 87.1 Å². The molecule has 1 aromatic heterocycles. The van der Waals surface area contributed by atoms with Gasteiger partial charge in [-0.15, -0.1) is 0 Å². The Hall–Kier alpha value is -1.56. The molecule has 4 N–H and O–H groups in total. The van der Waals surface area contributed by atoms with Crippen LogP contribution in [0.5, 0.6) is 0 Å². The summed E-state index contributed by atoms with van der Waals surface area (Å²) in [5.74, 6) is 0.147. The first-order valence-electron chi connectivity index (χ1n) is 4.95. The van der Waals surface area contributed by atoms with Crippen molar-refractivity contribution in [3.8, 4) is 0 Å². The zero-order chi connectivity index (χ0) is 10.8. The molecule has 0 bridgehead atoms. The van der Waals surface area contributed by atoms with Crippen LogP contribution in [0.1, 0.15) is 23.3 Å². The summed E-state index contributed by atoms with van der Waals surface area (Å²) < 4.78 is 0. The van der Waals surface area contributed by atoms with Crippen molar-refractivity contribution in [2.75, 3.05) is 18.8 Å². The van der Waals surface area contributed by atoms with Crippen molar-refractivity contribution in [2.24, 2.45) is 0 Å². The van der Waals surface area contributed by atoms with Crippen molar-refractivity contribution in [1.82, 2.24) is 15.1 Å². The summed E-state index contributed by atoms with van der Waals surface area (Å²) in [5.41, 5.74) is 5.79. The first-order valence-corrected chi connectivity index (χ1v) is 4.95. The summed E-state index contributed by atoms with van der Waals surface area (Å²) in [6.07, 6.45) is 1.17. The molecule has 1 aliphatic rings. The first kappa shape index (κ1) is 9.97. The molecule has 1 aromatic rings. The molecule has 82 valence electrons. The van der Waals surface area contributed by atoms with E-state index in [-0.39, 0.29) is 5.91 Å². The molecule has 0 unspecified atom stereocenters. The number of β-amino-alcohol motifs (C(OH)–C–C–N with tert-alkyl or cyclic N) is 1. The van der Waals surface area contributed by atoms with Gasteiger partial charge in [0, 0.05) is 19.2 Å². The second-order valence-corrected chi connectivity index (χ2v) is 3.75. The number of rotatable bonds is 1. The Bertz CT molecular complexity index is 363. The standard InChI is InChI=1S/C9H14N4O2/c10-8-4-7(11-12-8)9(15)13-3-1-2-6(14)5-13/h4,6,14H,1-3,5H2,(H3,10,11,12)/t6-/m0/s1. The van der Waals surface area contributed by atoms with E-state index in [1.54, 1.807) is 4.90 Å². The largest absolute Gasteiger partial charge is 0.391 e. The van der Waals surface area contributed by atoms with Gasteiger partial charge in [0.25, 0.3) is 5.91 Å². The van der Waals surface area contributed by atoms with Crippen molar-refractivity contribution >= 4 is 11.7 Å². The van der Waals surface area contributed by atoms with E-state index in [0.717, 1.165) is 12.8 Å². The molecule has 0 saturated carbocycles. The van der Waals surface area contributed by atoms with Gasteiger partial charge < -0.3 is 15.7 Å². The normalized spacial score (nSPS) is 21.7. The number of carbonyl (C=O) groups excluding carboxylic acids is 1. The third-order valence-corrected chi connectivity index (χ3v) is 2.51. The molecule has 6 heteroatoms. The fourth-order valence-electron chi connectivity index (χ4n) is 1.76. The van der Waals surface area contributed by atoms with Crippen LogP contribution in [0.25, 0.3) is 0 Å². The topological polar surface area (TPSA) is 95.2 Å². The molecule has 15 heavy (non-hydrogen) atoms. The summed E-state index contributed by atoms with van der Waals surface area (Å²) in [4.78, 5) is 13.5. The molecule has 2 rings (SSSR count). The summed E-state index contributed by atoms with van der Waals surface area (Å²) in [6.45, 7) is 1.06. The number of nitrogens with zero attached hydrogens (tertiary/aromatic N) is 2. The van der Waals surface area contributed by atoms with Crippen LogP contribution in [0, 0.1) is 0 Å². The molecule has 1 amide bonds. The maximum Gasteiger partial charge on any atom is 0.272 e. The minimum atomic E-state index is -0.414. The molecule has 0 aliphatic carbocycles. The minimum Gasteiger partial charge on any atom is -0.391 e. The molecule has 1 saturated heterocycles. The molecule has 1 fully saturated rings. The molecule has 1 aliphatic heterocycles. The first-order chi connectivity index (χ1) is 7.16. The van der Waals surface area contributed by atoms with Gasteiger partial charge in [-0.3, -0.25) is 9.89 Å². The number of anilines is 1. The Morgan fingerprint density at radius 1 is 1.73 bits per heavy atom. The van der Waals surface area contributed by atoms with Gasteiger partial charge in [0.15, 0.2) is 0 Å². The second-order valence-electron chi connectivity index (χ2n) is 3.75. The molecular weight excluding hydrogens is 196 g/mol. The summed E-state index contributed by atoms with van der Waals surface area (Å²) in [7, 11) is 0. The number of hydrogen-bond acceptors (Lipinski definition) is 4. The van der Waals surface area contributed by atoms with Gasteiger partial charge in [-0.1, -0.05) is 0 Å². The number of aromatic nitrogens is 2. The van der Waals surface area contributed by atoms with Crippen LogP contribution < -0.4 is 5.73 Å². The summed E-state index contributed by atoms with van der Waals surface area (Å²) in [5, 5.41) is 15.7. The lowest BCUT2D eigenvalue weighted by Gasteiger charge is -2.29. The second kappa shape index (κ2) is 3.90. The van der Waals surface area contributed by atoms with Crippen LogP contribution in [0.3, 0.4) is 0 Å². The highest BCUT2D eigenvalue weighted by Crippen LogP contribution is 2.13. The van der Waals surface area contributed by atoms with Gasteiger partial charge in [-0.05, 0) is 12.8 Å². The molecule has 0 radical (unpaired) electrons. The lowest BCUT2D eigenvalue weighted by Crippen LogP contribution is -2.42. The maximum absolute atomic E-state index is 11.8. The number of aliphatic hydroxyl groups excluding tert-OH is 1. The van der Waals surface area contributed by atoms with Crippen molar-refractivity contribution in [3.63, 3.8) is 0 Å². The van der Waals surface area contributed by atoms with Gasteiger partial charge in [-0.2, -0.15) is 5.10 Å². The number of nitrogens with one attached hydrogen (secondary N) is 1. The van der Waals surface area contributed by atoms with Gasteiger partial charge in [0.1, 0.15) is 11.5 Å². The van der Waals surface area contributed by atoms with E-state index in [4.69, 9.17) is 5.73 Å². The highest BCUT2D eigenvalue weighted by atomic mass is 16.3. The average molecular weight is 210 g/mol. The number of nitrogen functional groups attached to an aromatic ring is 1. The number of H-pyrrole nitrogens is 1. The monoisotopic (exact) mass is 210 g/mol. The highest BCUT2D eigenvalue weighted by Gasteiger charge is 2.23. The van der Waals surface area contributed by atoms with E-state index in [2.05, 4.69) is 10.2 Å². The number of nitrogens with two attached hydrogens (primary N) is 1. The van der Waals surface area contributed by atoms with E-state index in [1.165, 1.54) is 6.07 Å². The number of amides is 1. The Morgan fingerprint density at radius 3 is 3.13 bits per heavy atom. The van der Waals surface area contributed by atoms with Crippen LogP contribution in [-0.4, -0.2) is 45.3 Å². The fourth-order valence-corrected chi connectivity index (χ4v) is 1.76. The predicted octanol–water partition coefficient (Wildman–Crippen LogP) is -0.411. The van der Waals surface area contributed by atoms with Gasteiger partial charge in [-0.25, -0.2) is 0 Å². The molecule has 0 spiro atoms. The quantitative estimate of drug-likeness (QED) is 0.587. The Morgan fingerprint density at radius 2 is 2.53 bits per heavy atom. The van der Waals surface area contributed by atoms with E-state index in [9.17, 15) is 9.90 Å². The van der Waals surface area contributed by atoms with Crippen LogP contribution in [0.4, 0.5) is 5.82 Å². The summed E-state index contributed by atoms with van der Waals surface area (Å²) in [6, 6.07) is 1.50. The number of aliphatic hydroxyl groups is 1. The van der Waals surface area contributed by atoms with E-state index in [0.29, 0.717) is 24.6 Å². The SMILES string of the molecule is Nc1cc(C(=O)N2CCC[C@H](O)C2)[nH]n1. The van der Waals surface area contributed by atoms with E-state index >= 15 is 0 Å². The zero-order valence-electron chi connectivity index (χ0n) is 8.31. The smallest absolute Gasteiger partial charge is 0.272 e. The maximum atomic E-state index is 11.8. The number of carbonyl (C=O) groups is 1. The van der Waals surface area contributed by atoms with E-state index in [1.807, 2.05) is 0 Å². The minimum absolute atomic E-state index is 0.155.